The Balaban J connectivity index is 0.000000193. The summed E-state index contributed by atoms with van der Waals surface area (Å²) in [6.45, 7) is 15.2. The maximum Gasteiger partial charge on any atom is 0.269 e. The van der Waals surface area contributed by atoms with Crippen molar-refractivity contribution >= 4 is 5.69 Å². The van der Waals surface area contributed by atoms with Crippen LogP contribution in [0.2, 0.25) is 0 Å². The third-order valence-corrected chi connectivity index (χ3v) is 10.9. The van der Waals surface area contributed by atoms with Crippen LogP contribution in [-0.4, -0.2) is 103 Å². The van der Waals surface area contributed by atoms with E-state index in [0.29, 0.717) is 17.9 Å². The summed E-state index contributed by atoms with van der Waals surface area (Å²) in [5, 5.41) is 28.6. The summed E-state index contributed by atoms with van der Waals surface area (Å²) < 4.78 is 17.0. The van der Waals surface area contributed by atoms with E-state index in [-0.39, 0.29) is 5.69 Å². The van der Waals surface area contributed by atoms with Crippen molar-refractivity contribution in [1.82, 2.24) is 14.7 Å². The van der Waals surface area contributed by atoms with Gasteiger partial charge >= 0.3 is 0 Å². The number of aliphatic hydroxyl groups is 1. The Morgan fingerprint density at radius 3 is 1.38 bits per heavy atom. The number of likely N-dealkylation sites (tertiary alicyclic amines) is 3. The molecule has 0 spiro atoms. The van der Waals surface area contributed by atoms with Gasteiger partial charge in [-0.05, 0) is 197 Å². The lowest BCUT2D eigenvalue weighted by atomic mass is 10.1. The second kappa shape index (κ2) is 28.3. The van der Waals surface area contributed by atoms with Crippen LogP contribution in [0.3, 0.4) is 0 Å². The third-order valence-electron chi connectivity index (χ3n) is 10.9. The standard InChI is InChI=1S/C17H27NO2.C15H22N2O3.C15H20N2O/c1-15(19)16-7-9-17(10-8-16)20-14-6-2-3-11-18-12-4-5-13-18;18-17(19)14-6-8-15(9-7-14)20-13-5-1-2-10-16-11-3-4-12-16;16-13-14-5-7-15(8-6-14)18-12-4-11-17-9-2-1-3-10-17/h7-10,15,19H,2-6,11-14H2,1H3;6-9H,1-5,10-13H2;5-8H,1-4,9-12H2. The Labute approximate surface area is 348 Å². The van der Waals surface area contributed by atoms with E-state index >= 15 is 0 Å². The summed E-state index contributed by atoms with van der Waals surface area (Å²) in [4.78, 5) is 17.7. The molecule has 11 nitrogen and oxygen atoms in total. The van der Waals surface area contributed by atoms with E-state index in [1.807, 2.05) is 36.4 Å². The van der Waals surface area contributed by atoms with Gasteiger partial charge in [-0.25, -0.2) is 0 Å². The Bertz CT molecular complexity index is 1550. The zero-order valence-corrected chi connectivity index (χ0v) is 35.1. The Hall–Kier alpha value is -4.21. The van der Waals surface area contributed by atoms with E-state index in [0.717, 1.165) is 56.1 Å². The lowest BCUT2D eigenvalue weighted by molar-refractivity contribution is -0.384. The van der Waals surface area contributed by atoms with Crippen LogP contribution in [0.4, 0.5) is 5.69 Å². The second-order valence-electron chi connectivity index (χ2n) is 15.7. The molecule has 3 fully saturated rings. The Kier molecular flexibility index (Phi) is 22.6. The predicted molar refractivity (Wildman–Crippen MR) is 232 cm³/mol. The third kappa shape index (κ3) is 19.5. The molecule has 0 saturated carbocycles. The lowest BCUT2D eigenvalue weighted by Crippen LogP contribution is -2.31. The number of hydrogen-bond donors (Lipinski definition) is 1. The molecule has 3 aliphatic heterocycles. The first-order valence-electron chi connectivity index (χ1n) is 22.0. The van der Waals surface area contributed by atoms with Crippen molar-refractivity contribution in [3.05, 3.63) is 94.0 Å². The Morgan fingerprint density at radius 2 is 0.966 bits per heavy atom. The number of hydrogen-bond acceptors (Lipinski definition) is 10. The van der Waals surface area contributed by atoms with Crippen molar-refractivity contribution in [2.75, 3.05) is 78.7 Å². The number of aliphatic hydroxyl groups excluding tert-OH is 1. The molecule has 0 radical (unpaired) electrons. The van der Waals surface area contributed by atoms with Gasteiger partial charge in [0.25, 0.3) is 5.69 Å². The molecule has 6 rings (SSSR count). The summed E-state index contributed by atoms with van der Waals surface area (Å²) in [5.41, 5.74) is 1.71. The quantitative estimate of drug-likeness (QED) is 0.0633. The van der Waals surface area contributed by atoms with Gasteiger partial charge in [-0.1, -0.05) is 18.6 Å². The first-order chi connectivity index (χ1) is 28.4. The topological polar surface area (TPSA) is 125 Å². The van der Waals surface area contributed by atoms with Crippen molar-refractivity contribution in [2.24, 2.45) is 0 Å². The van der Waals surface area contributed by atoms with Gasteiger partial charge in [0.1, 0.15) is 17.2 Å². The molecule has 3 aliphatic rings. The second-order valence-corrected chi connectivity index (χ2v) is 15.7. The summed E-state index contributed by atoms with van der Waals surface area (Å²) in [7, 11) is 0. The molecule has 1 unspecified atom stereocenters. The van der Waals surface area contributed by atoms with Gasteiger partial charge in [0.2, 0.25) is 0 Å². The van der Waals surface area contributed by atoms with E-state index in [9.17, 15) is 15.2 Å². The summed E-state index contributed by atoms with van der Waals surface area (Å²) >= 11 is 0. The molecule has 0 aliphatic carbocycles. The fraction of sp³-hybridized carbons (Fsp3) is 0.596. The van der Waals surface area contributed by atoms with Crippen molar-refractivity contribution in [3.63, 3.8) is 0 Å². The van der Waals surface area contributed by atoms with Gasteiger partial charge in [0, 0.05) is 18.7 Å². The highest BCUT2D eigenvalue weighted by Gasteiger charge is 2.12. The number of nitriles is 1. The van der Waals surface area contributed by atoms with E-state index in [4.69, 9.17) is 19.5 Å². The van der Waals surface area contributed by atoms with Crippen LogP contribution in [0.5, 0.6) is 17.2 Å². The molecule has 3 aromatic rings. The van der Waals surface area contributed by atoms with Crippen LogP contribution in [0, 0.1) is 21.4 Å². The predicted octanol–water partition coefficient (Wildman–Crippen LogP) is 9.44. The number of non-ortho nitro benzene ring substituents is 1. The zero-order valence-electron chi connectivity index (χ0n) is 35.1. The van der Waals surface area contributed by atoms with E-state index in [2.05, 4.69) is 20.8 Å². The average Bonchev–Trinajstić information content (AvgIpc) is 3.99. The number of nitrogens with zero attached hydrogens (tertiary/aromatic N) is 5. The highest BCUT2D eigenvalue weighted by molar-refractivity contribution is 5.36. The van der Waals surface area contributed by atoms with Crippen molar-refractivity contribution in [2.45, 2.75) is 103 Å². The maximum absolute atomic E-state index is 10.5. The number of ether oxygens (including phenoxy) is 3. The van der Waals surface area contributed by atoms with Gasteiger partial charge in [-0.2, -0.15) is 5.26 Å². The van der Waals surface area contributed by atoms with E-state index in [1.54, 1.807) is 31.2 Å². The molecule has 3 saturated heterocycles. The molecule has 318 valence electrons. The number of rotatable bonds is 21. The number of nitro groups is 1. The molecular formula is C47H69N5O6. The smallest absolute Gasteiger partial charge is 0.269 e. The number of benzene rings is 3. The van der Waals surface area contributed by atoms with Gasteiger partial charge in [0.15, 0.2) is 0 Å². The minimum Gasteiger partial charge on any atom is -0.494 e. The number of unbranched alkanes of at least 4 members (excludes halogenated alkanes) is 4. The highest BCUT2D eigenvalue weighted by Crippen LogP contribution is 2.19. The molecule has 1 atom stereocenters. The van der Waals surface area contributed by atoms with Gasteiger partial charge in [-0.15, -0.1) is 0 Å². The molecule has 0 aromatic heterocycles. The van der Waals surface area contributed by atoms with Crippen LogP contribution >= 0.6 is 0 Å². The maximum atomic E-state index is 10.5. The molecule has 58 heavy (non-hydrogen) atoms. The van der Waals surface area contributed by atoms with E-state index in [1.165, 1.54) is 135 Å². The SMILES string of the molecule is CC(O)c1ccc(OCCCCCN2CCCC2)cc1.N#Cc1ccc(OCCCN2CCCCC2)cc1.O=[N+]([O-])c1ccc(OCCCCCN2CCCC2)cc1. The molecule has 0 amide bonds. The normalized spacial score (nSPS) is 16.3. The largest absolute Gasteiger partial charge is 0.494 e. The summed E-state index contributed by atoms with van der Waals surface area (Å²) in [6.07, 6.45) is 17.3. The van der Waals surface area contributed by atoms with Gasteiger partial charge in [0.05, 0.1) is 42.5 Å². The fourth-order valence-electron chi connectivity index (χ4n) is 7.41. The summed E-state index contributed by atoms with van der Waals surface area (Å²) in [6, 6.07) is 23.4. The molecular weight excluding hydrogens is 731 g/mol. The van der Waals surface area contributed by atoms with Crippen molar-refractivity contribution in [3.8, 4) is 23.3 Å². The van der Waals surface area contributed by atoms with Gasteiger partial charge in [-0.3, -0.25) is 10.1 Å². The molecule has 1 N–H and O–H groups in total. The average molecular weight is 800 g/mol. The monoisotopic (exact) mass is 800 g/mol. The van der Waals surface area contributed by atoms with Gasteiger partial charge < -0.3 is 34.0 Å². The van der Waals surface area contributed by atoms with Crippen molar-refractivity contribution in [1.29, 1.82) is 5.26 Å². The minimum atomic E-state index is -0.408. The molecule has 3 aromatic carbocycles. The van der Waals surface area contributed by atoms with E-state index < -0.39 is 11.0 Å². The highest BCUT2D eigenvalue weighted by atomic mass is 16.6. The Morgan fingerprint density at radius 1 is 0.586 bits per heavy atom. The number of nitro benzene ring substituents is 1. The van der Waals surface area contributed by atoms with Crippen LogP contribution in [0.25, 0.3) is 0 Å². The first kappa shape index (κ1) is 46.5. The van der Waals surface area contributed by atoms with Crippen LogP contribution < -0.4 is 14.2 Å². The zero-order chi connectivity index (χ0) is 41.0. The van der Waals surface area contributed by atoms with Crippen LogP contribution in [0.15, 0.2) is 72.8 Å². The van der Waals surface area contributed by atoms with Crippen molar-refractivity contribution < 1.29 is 24.2 Å². The molecule has 11 heteroatoms. The fourth-order valence-corrected chi connectivity index (χ4v) is 7.41. The summed E-state index contributed by atoms with van der Waals surface area (Å²) in [5.74, 6) is 2.46. The molecule has 0 bridgehead atoms. The van der Waals surface area contributed by atoms with Crippen LogP contribution in [0.1, 0.15) is 114 Å². The minimum absolute atomic E-state index is 0.1000. The first-order valence-corrected chi connectivity index (χ1v) is 22.0. The molecule has 3 heterocycles. The lowest BCUT2D eigenvalue weighted by Gasteiger charge is -2.26. The number of piperidine rings is 1. The van der Waals surface area contributed by atoms with Crippen LogP contribution in [-0.2, 0) is 0 Å².